The number of aromatic nitrogens is 2. The molecule has 0 bridgehead atoms. The molecule has 0 radical (unpaired) electrons. The molecule has 2 unspecified atom stereocenters. The maximum absolute atomic E-state index is 6.23. The molecule has 0 aliphatic rings. The van der Waals surface area contributed by atoms with Crippen LogP contribution in [0.15, 0.2) is 34.7 Å². The van der Waals surface area contributed by atoms with Gasteiger partial charge in [-0.1, -0.05) is 49.0 Å². The van der Waals surface area contributed by atoms with E-state index >= 15 is 0 Å². The van der Waals surface area contributed by atoms with E-state index in [2.05, 4.69) is 28.4 Å². The first-order valence-electron chi connectivity index (χ1n) is 5.44. The first kappa shape index (κ1) is 12.5. The Balaban J connectivity index is 2.03. The van der Waals surface area contributed by atoms with Gasteiger partial charge < -0.3 is 5.73 Å². The van der Waals surface area contributed by atoms with Gasteiger partial charge in [0, 0.05) is 11.3 Å². The summed E-state index contributed by atoms with van der Waals surface area (Å²) in [5.74, 6) is 0.831. The Morgan fingerprint density at radius 1 is 1.29 bits per heavy atom. The quantitative estimate of drug-likeness (QED) is 0.863. The van der Waals surface area contributed by atoms with Gasteiger partial charge in [0.15, 0.2) is 4.34 Å². The van der Waals surface area contributed by atoms with Crippen molar-refractivity contribution in [2.75, 3.05) is 0 Å². The van der Waals surface area contributed by atoms with Crippen LogP contribution in [0.4, 0.5) is 0 Å². The molecule has 2 atom stereocenters. The van der Waals surface area contributed by atoms with Gasteiger partial charge >= 0.3 is 0 Å². The Morgan fingerprint density at radius 2 is 2.00 bits per heavy atom. The summed E-state index contributed by atoms with van der Waals surface area (Å²) < 4.78 is 5.16. The second-order valence-corrected chi connectivity index (χ2v) is 6.24. The minimum absolute atomic E-state index is 0.0189. The summed E-state index contributed by atoms with van der Waals surface area (Å²) in [4.78, 5) is 4.34. The minimum atomic E-state index is 0.0189. The van der Waals surface area contributed by atoms with E-state index in [9.17, 15) is 0 Å². The summed E-state index contributed by atoms with van der Waals surface area (Å²) in [6, 6.07) is 10.2. The molecule has 0 aliphatic heterocycles. The predicted octanol–water partition coefficient (Wildman–Crippen LogP) is 3.03. The summed E-state index contributed by atoms with van der Waals surface area (Å²) in [5.41, 5.74) is 7.39. The van der Waals surface area contributed by atoms with E-state index in [1.165, 1.54) is 11.5 Å². The van der Waals surface area contributed by atoms with Crippen molar-refractivity contribution < 1.29 is 0 Å². The van der Waals surface area contributed by atoms with Gasteiger partial charge in [-0.3, -0.25) is 0 Å². The van der Waals surface area contributed by atoms with E-state index in [-0.39, 0.29) is 11.3 Å². The molecule has 17 heavy (non-hydrogen) atoms. The second kappa shape index (κ2) is 5.62. The third kappa shape index (κ3) is 3.28. The van der Waals surface area contributed by atoms with Gasteiger partial charge in [-0.25, -0.2) is 4.98 Å². The number of aryl methyl sites for hydroxylation is 1. The lowest BCUT2D eigenvalue weighted by Crippen LogP contribution is -2.20. The molecule has 0 aliphatic carbocycles. The van der Waals surface area contributed by atoms with Crippen LogP contribution in [-0.2, 0) is 0 Å². The number of nitrogens with two attached hydrogens (primary N) is 1. The lowest BCUT2D eigenvalue weighted by atomic mass is 10.1. The fourth-order valence-electron chi connectivity index (χ4n) is 1.50. The van der Waals surface area contributed by atoms with Crippen LogP contribution in [0, 0.1) is 6.92 Å². The Labute approximate surface area is 110 Å². The summed E-state index contributed by atoms with van der Waals surface area (Å²) in [6.07, 6.45) is 0. The molecule has 1 aromatic carbocycles. The average Bonchev–Trinajstić information content (AvgIpc) is 2.75. The van der Waals surface area contributed by atoms with Crippen LogP contribution >= 0.6 is 23.3 Å². The maximum Gasteiger partial charge on any atom is 0.170 e. The fraction of sp³-hybridized carbons (Fsp3) is 0.333. The maximum atomic E-state index is 6.23. The fourth-order valence-corrected chi connectivity index (χ4v) is 3.47. The Kier molecular flexibility index (Phi) is 4.15. The normalized spacial score (nSPS) is 14.5. The highest BCUT2D eigenvalue weighted by molar-refractivity contribution is 8.01. The number of benzene rings is 1. The van der Waals surface area contributed by atoms with Gasteiger partial charge in [-0.15, -0.1) is 0 Å². The highest BCUT2D eigenvalue weighted by atomic mass is 32.2. The van der Waals surface area contributed by atoms with E-state index in [0.29, 0.717) is 0 Å². The zero-order valence-electron chi connectivity index (χ0n) is 9.83. The van der Waals surface area contributed by atoms with Gasteiger partial charge in [0.25, 0.3) is 0 Å². The Hall–Kier alpha value is -0.910. The largest absolute Gasteiger partial charge is 0.323 e. The van der Waals surface area contributed by atoms with Crippen molar-refractivity contribution in [3.05, 3.63) is 41.7 Å². The molecule has 2 aromatic rings. The Bertz CT molecular complexity index is 470. The number of nitrogens with zero attached hydrogens (tertiary/aromatic N) is 2. The van der Waals surface area contributed by atoms with E-state index in [4.69, 9.17) is 5.73 Å². The molecule has 0 saturated carbocycles. The van der Waals surface area contributed by atoms with Crippen LogP contribution < -0.4 is 5.73 Å². The molecule has 2 N–H and O–H groups in total. The highest BCUT2D eigenvalue weighted by Crippen LogP contribution is 2.31. The first-order valence-corrected chi connectivity index (χ1v) is 7.09. The molecular formula is C12H15N3S2. The van der Waals surface area contributed by atoms with Crippen molar-refractivity contribution in [1.29, 1.82) is 0 Å². The number of hydrogen-bond donors (Lipinski definition) is 1. The molecule has 0 fully saturated rings. The van der Waals surface area contributed by atoms with Crippen molar-refractivity contribution in [2.24, 2.45) is 5.73 Å². The third-order valence-electron chi connectivity index (χ3n) is 2.49. The molecule has 0 saturated heterocycles. The number of hydrogen-bond acceptors (Lipinski definition) is 5. The van der Waals surface area contributed by atoms with E-state index in [1.807, 2.05) is 25.1 Å². The van der Waals surface area contributed by atoms with E-state index in [0.717, 1.165) is 15.7 Å². The average molecular weight is 265 g/mol. The zero-order valence-corrected chi connectivity index (χ0v) is 11.5. The Morgan fingerprint density at radius 3 is 2.59 bits per heavy atom. The van der Waals surface area contributed by atoms with Crippen LogP contribution in [0.5, 0.6) is 0 Å². The number of thioether (sulfide) groups is 1. The molecule has 0 spiro atoms. The summed E-state index contributed by atoms with van der Waals surface area (Å²) in [5, 5.41) is 0.282. The SMILES string of the molecule is Cc1nsc(SC(C)C(N)c2ccccc2)n1. The second-order valence-electron chi connectivity index (χ2n) is 3.87. The van der Waals surface area contributed by atoms with Gasteiger partial charge in [0.2, 0.25) is 0 Å². The van der Waals surface area contributed by atoms with E-state index in [1.54, 1.807) is 11.8 Å². The van der Waals surface area contributed by atoms with Crippen molar-refractivity contribution in [2.45, 2.75) is 29.5 Å². The van der Waals surface area contributed by atoms with Crippen molar-refractivity contribution in [1.82, 2.24) is 9.36 Å². The van der Waals surface area contributed by atoms with Gasteiger partial charge in [-0.05, 0) is 24.0 Å². The molecule has 2 rings (SSSR count). The van der Waals surface area contributed by atoms with Crippen molar-refractivity contribution in [3.8, 4) is 0 Å². The predicted molar refractivity (Wildman–Crippen MR) is 73.3 cm³/mol. The molecule has 90 valence electrons. The smallest absolute Gasteiger partial charge is 0.170 e. The molecule has 0 amide bonds. The number of rotatable bonds is 4. The van der Waals surface area contributed by atoms with Crippen molar-refractivity contribution in [3.63, 3.8) is 0 Å². The summed E-state index contributed by atoms with van der Waals surface area (Å²) in [6.45, 7) is 4.03. The summed E-state index contributed by atoms with van der Waals surface area (Å²) >= 11 is 3.12. The third-order valence-corrected chi connectivity index (χ3v) is 4.56. The molecule has 5 heteroatoms. The van der Waals surface area contributed by atoms with Gasteiger partial charge in [0.1, 0.15) is 5.82 Å². The molecule has 1 heterocycles. The minimum Gasteiger partial charge on any atom is -0.323 e. The first-order chi connectivity index (χ1) is 8.16. The van der Waals surface area contributed by atoms with E-state index < -0.39 is 0 Å². The topological polar surface area (TPSA) is 51.8 Å². The lowest BCUT2D eigenvalue weighted by Gasteiger charge is -2.18. The zero-order chi connectivity index (χ0) is 12.3. The van der Waals surface area contributed by atoms with Gasteiger partial charge in [0.05, 0.1) is 0 Å². The van der Waals surface area contributed by atoms with Gasteiger partial charge in [-0.2, -0.15) is 4.37 Å². The van der Waals surface area contributed by atoms with Crippen LogP contribution in [0.1, 0.15) is 24.4 Å². The highest BCUT2D eigenvalue weighted by Gasteiger charge is 2.17. The molecule has 1 aromatic heterocycles. The van der Waals surface area contributed by atoms with Crippen LogP contribution in [0.3, 0.4) is 0 Å². The standard InChI is InChI=1S/C12H15N3S2/c1-8(16-12-14-9(2)15-17-12)11(13)10-6-4-3-5-7-10/h3-8,11H,13H2,1-2H3. The lowest BCUT2D eigenvalue weighted by molar-refractivity contribution is 0.715. The van der Waals surface area contributed by atoms with Crippen molar-refractivity contribution >= 4 is 23.3 Å². The van der Waals surface area contributed by atoms with Crippen LogP contribution in [0.2, 0.25) is 0 Å². The molecule has 3 nitrogen and oxygen atoms in total. The summed E-state index contributed by atoms with van der Waals surface area (Å²) in [7, 11) is 0. The molecular weight excluding hydrogens is 250 g/mol. The van der Waals surface area contributed by atoms with Crippen LogP contribution in [0.25, 0.3) is 0 Å². The van der Waals surface area contributed by atoms with Crippen LogP contribution in [-0.4, -0.2) is 14.6 Å². The monoisotopic (exact) mass is 265 g/mol.